The number of amides is 2. The Bertz CT molecular complexity index is 1540. The van der Waals surface area contributed by atoms with Gasteiger partial charge in [0.05, 0.1) is 12.6 Å². The molecule has 9 nitrogen and oxygen atoms in total. The van der Waals surface area contributed by atoms with Crippen molar-refractivity contribution in [1.29, 1.82) is 0 Å². The predicted molar refractivity (Wildman–Crippen MR) is 140 cm³/mol. The van der Waals surface area contributed by atoms with Crippen LogP contribution in [-0.2, 0) is 13.2 Å². The summed E-state index contributed by atoms with van der Waals surface area (Å²) >= 11 is 0. The van der Waals surface area contributed by atoms with Crippen LogP contribution in [0.4, 0.5) is 13.2 Å². The third-order valence-corrected chi connectivity index (χ3v) is 7.78. The molecule has 2 aliphatic rings. The second kappa shape index (κ2) is 11.0. The molecule has 216 valence electrons. The Labute approximate surface area is 232 Å². The van der Waals surface area contributed by atoms with Crippen molar-refractivity contribution in [3.63, 3.8) is 0 Å². The third kappa shape index (κ3) is 5.20. The Morgan fingerprint density at radius 2 is 1.83 bits per heavy atom. The number of aliphatic hydroxyl groups is 2. The van der Waals surface area contributed by atoms with Crippen LogP contribution in [-0.4, -0.2) is 56.3 Å². The largest absolute Gasteiger partial charge is 0.483 e. The van der Waals surface area contributed by atoms with Crippen LogP contribution >= 0.6 is 0 Å². The van der Waals surface area contributed by atoms with Gasteiger partial charge in [0.15, 0.2) is 11.4 Å². The smallest absolute Gasteiger partial charge is 0.274 e. The zero-order valence-electron chi connectivity index (χ0n) is 22.1. The maximum Gasteiger partial charge on any atom is 0.274 e. The number of pyridine rings is 1. The zero-order chi connectivity index (χ0) is 29.5. The van der Waals surface area contributed by atoms with E-state index < -0.39 is 76.4 Å². The monoisotopic (exact) mass is 571 g/mol. The van der Waals surface area contributed by atoms with Crippen molar-refractivity contribution in [3.05, 3.63) is 98.7 Å². The van der Waals surface area contributed by atoms with Crippen molar-refractivity contribution in [2.75, 3.05) is 13.2 Å². The standard InChI is InChI=1S/C29H28F3N3O6/c1-16-7-8-29(40,15-36)23-13-34(16)28(39)24-26(41-14-17-5-3-2-4-6-17)25(37)20(12-35(23)24)27(38)33-11-19-21(31)9-18(30)10-22(19)32/h2-6,9-10,12,16,23,36,40H,7-8,11,13-15H2,1H3,(H,33,38)/t16-,23?,29+/m0/s1. The molecule has 1 aromatic heterocycles. The fourth-order valence-corrected chi connectivity index (χ4v) is 5.36. The number of nitrogens with zero attached hydrogens (tertiary/aromatic N) is 2. The van der Waals surface area contributed by atoms with Gasteiger partial charge in [0.25, 0.3) is 11.8 Å². The molecule has 41 heavy (non-hydrogen) atoms. The fraction of sp³-hybridized carbons (Fsp3) is 0.345. The van der Waals surface area contributed by atoms with E-state index >= 15 is 0 Å². The number of benzene rings is 2. The number of carbonyl (C=O) groups is 2. The average molecular weight is 572 g/mol. The lowest BCUT2D eigenvalue weighted by molar-refractivity contribution is -0.0636. The molecule has 0 radical (unpaired) electrons. The first kappa shape index (κ1) is 28.4. The number of ether oxygens (including phenoxy) is 1. The summed E-state index contributed by atoms with van der Waals surface area (Å²) < 4.78 is 48.8. The molecule has 3 N–H and O–H groups in total. The van der Waals surface area contributed by atoms with Gasteiger partial charge in [0.2, 0.25) is 5.43 Å². The van der Waals surface area contributed by atoms with Gasteiger partial charge in [-0.25, -0.2) is 13.2 Å². The van der Waals surface area contributed by atoms with Crippen molar-refractivity contribution in [2.45, 2.75) is 50.6 Å². The lowest BCUT2D eigenvalue weighted by Gasteiger charge is -2.42. The van der Waals surface area contributed by atoms with Gasteiger partial charge in [-0.05, 0) is 25.3 Å². The van der Waals surface area contributed by atoms with Gasteiger partial charge >= 0.3 is 0 Å². The third-order valence-electron chi connectivity index (χ3n) is 7.78. The van der Waals surface area contributed by atoms with Crippen LogP contribution in [0.15, 0.2) is 53.5 Å². The number of aromatic nitrogens is 1. The molecule has 3 aromatic rings. The Hall–Kier alpha value is -4.16. The second-order valence-electron chi connectivity index (χ2n) is 10.4. The van der Waals surface area contributed by atoms with E-state index in [1.54, 1.807) is 37.3 Å². The van der Waals surface area contributed by atoms with Crippen LogP contribution in [0, 0.1) is 17.5 Å². The number of hydrogen-bond donors (Lipinski definition) is 3. The molecule has 1 fully saturated rings. The van der Waals surface area contributed by atoms with E-state index in [4.69, 9.17) is 4.74 Å². The maximum atomic E-state index is 14.2. The summed E-state index contributed by atoms with van der Waals surface area (Å²) in [5.74, 6) is -5.59. The van der Waals surface area contributed by atoms with Crippen molar-refractivity contribution in [2.24, 2.45) is 0 Å². The molecular formula is C29H28F3N3O6. The number of nitrogens with one attached hydrogen (secondary N) is 1. The molecule has 1 unspecified atom stereocenters. The van der Waals surface area contributed by atoms with Crippen LogP contribution in [0.2, 0.25) is 0 Å². The first-order valence-corrected chi connectivity index (χ1v) is 13.1. The summed E-state index contributed by atoms with van der Waals surface area (Å²) in [5, 5.41) is 23.8. The quantitative estimate of drug-likeness (QED) is 0.401. The van der Waals surface area contributed by atoms with Gasteiger partial charge in [-0.1, -0.05) is 30.3 Å². The summed E-state index contributed by atoms with van der Waals surface area (Å²) in [4.78, 5) is 42.1. The molecule has 2 aromatic carbocycles. The van der Waals surface area contributed by atoms with Crippen LogP contribution < -0.4 is 15.5 Å². The Balaban J connectivity index is 1.60. The average Bonchev–Trinajstić information content (AvgIpc) is 3.06. The minimum atomic E-state index is -1.70. The fourth-order valence-electron chi connectivity index (χ4n) is 5.36. The highest BCUT2D eigenvalue weighted by atomic mass is 19.1. The number of carbonyl (C=O) groups excluding carboxylic acids is 2. The van der Waals surface area contributed by atoms with Gasteiger partial charge in [0, 0.05) is 43.0 Å². The van der Waals surface area contributed by atoms with Crippen molar-refractivity contribution < 1.29 is 37.7 Å². The highest BCUT2D eigenvalue weighted by Crippen LogP contribution is 2.40. The number of fused-ring (bicyclic) bond motifs is 4. The predicted octanol–water partition coefficient (Wildman–Crippen LogP) is 2.68. The number of rotatable bonds is 7. The molecule has 0 aliphatic carbocycles. The summed E-state index contributed by atoms with van der Waals surface area (Å²) in [6.07, 6.45) is 1.60. The molecule has 0 saturated carbocycles. The van der Waals surface area contributed by atoms with Crippen LogP contribution in [0.1, 0.15) is 57.8 Å². The van der Waals surface area contributed by atoms with Gasteiger partial charge in [-0.2, -0.15) is 0 Å². The number of hydrogen-bond acceptors (Lipinski definition) is 6. The molecule has 5 rings (SSSR count). The molecule has 0 spiro atoms. The van der Waals surface area contributed by atoms with Crippen molar-refractivity contribution in [1.82, 2.24) is 14.8 Å². The van der Waals surface area contributed by atoms with Gasteiger partial charge in [-0.3, -0.25) is 14.4 Å². The molecular weight excluding hydrogens is 543 g/mol. The topological polar surface area (TPSA) is 121 Å². The highest BCUT2D eigenvalue weighted by Gasteiger charge is 2.49. The molecule has 3 atom stereocenters. The lowest BCUT2D eigenvalue weighted by Crippen LogP contribution is -2.53. The van der Waals surface area contributed by atoms with Crippen molar-refractivity contribution >= 4 is 11.8 Å². The summed E-state index contributed by atoms with van der Waals surface area (Å²) in [6.45, 7) is 0.317. The van der Waals surface area contributed by atoms with Crippen LogP contribution in [0.25, 0.3) is 0 Å². The lowest BCUT2D eigenvalue weighted by atomic mass is 9.89. The van der Waals surface area contributed by atoms with Gasteiger partial charge in [0.1, 0.15) is 35.2 Å². The minimum absolute atomic E-state index is 0.00187. The van der Waals surface area contributed by atoms with E-state index in [1.807, 2.05) is 0 Å². The van der Waals surface area contributed by atoms with Gasteiger partial charge in [-0.15, -0.1) is 0 Å². The van der Waals surface area contributed by atoms with E-state index in [2.05, 4.69) is 5.32 Å². The number of aliphatic hydroxyl groups excluding tert-OH is 1. The number of halogens is 3. The summed E-state index contributed by atoms with van der Waals surface area (Å²) in [5.41, 5.74) is -3.29. The summed E-state index contributed by atoms with van der Waals surface area (Å²) in [7, 11) is 0. The molecule has 2 bridgehead atoms. The Morgan fingerprint density at radius 3 is 2.49 bits per heavy atom. The molecule has 2 amide bonds. The minimum Gasteiger partial charge on any atom is -0.483 e. The van der Waals surface area contributed by atoms with E-state index in [1.165, 1.54) is 9.47 Å². The maximum absolute atomic E-state index is 14.2. The van der Waals surface area contributed by atoms with E-state index in [0.717, 1.165) is 6.20 Å². The normalized spacial score (nSPS) is 21.7. The summed E-state index contributed by atoms with van der Waals surface area (Å²) in [6, 6.07) is 8.45. The first-order chi connectivity index (χ1) is 19.5. The Kier molecular flexibility index (Phi) is 7.62. The first-order valence-electron chi connectivity index (χ1n) is 13.1. The highest BCUT2D eigenvalue weighted by molar-refractivity contribution is 5.99. The van der Waals surface area contributed by atoms with E-state index in [9.17, 15) is 37.8 Å². The Morgan fingerprint density at radius 1 is 1.15 bits per heavy atom. The second-order valence-corrected chi connectivity index (χ2v) is 10.4. The van der Waals surface area contributed by atoms with E-state index in [0.29, 0.717) is 24.1 Å². The zero-order valence-corrected chi connectivity index (χ0v) is 22.1. The van der Waals surface area contributed by atoms with Gasteiger partial charge < -0.3 is 29.7 Å². The molecule has 1 saturated heterocycles. The SMILES string of the molecule is C[C@H]1CC[C@@](O)(CO)C2CN1C(=O)c1c(OCc3ccccc3)c(=O)c(C(=O)NCc3c(F)cc(F)cc3F)cn12. The molecule has 12 heteroatoms. The molecule has 2 aliphatic heterocycles. The van der Waals surface area contributed by atoms with Crippen molar-refractivity contribution in [3.8, 4) is 5.75 Å². The van der Waals surface area contributed by atoms with Crippen LogP contribution in [0.5, 0.6) is 5.75 Å². The van der Waals surface area contributed by atoms with Crippen LogP contribution in [0.3, 0.4) is 0 Å². The van der Waals surface area contributed by atoms with E-state index in [-0.39, 0.29) is 31.3 Å². The molecule has 3 heterocycles.